The third-order valence-corrected chi connectivity index (χ3v) is 3.27. The molecule has 0 saturated heterocycles. The van der Waals surface area contributed by atoms with E-state index in [1.54, 1.807) is 6.92 Å². The van der Waals surface area contributed by atoms with Gasteiger partial charge in [0.1, 0.15) is 11.4 Å². The number of hydrogen-bond acceptors (Lipinski definition) is 5. The molecule has 3 heterocycles. The summed E-state index contributed by atoms with van der Waals surface area (Å²) in [7, 11) is 0. The summed E-state index contributed by atoms with van der Waals surface area (Å²) in [5.41, 5.74) is -0.700. The van der Waals surface area contributed by atoms with Gasteiger partial charge >= 0.3 is 12.4 Å². The summed E-state index contributed by atoms with van der Waals surface area (Å²) in [4.78, 5) is 20.3. The number of oxazole rings is 1. The van der Waals surface area contributed by atoms with Gasteiger partial charge in [-0.2, -0.15) is 26.3 Å². The number of hydrogen-bond donors (Lipinski definition) is 0. The molecule has 0 bridgehead atoms. The van der Waals surface area contributed by atoms with Gasteiger partial charge in [-0.3, -0.25) is 14.8 Å². The highest BCUT2D eigenvalue weighted by atomic mass is 19.4. The molecule has 0 unspecified atom stereocenters. The van der Waals surface area contributed by atoms with Crippen molar-refractivity contribution in [3.05, 3.63) is 65.7 Å². The molecule has 0 fully saturated rings. The number of nitrogens with zero attached hydrogens (tertiary/aromatic N) is 3. The highest BCUT2D eigenvalue weighted by molar-refractivity contribution is 5.73. The van der Waals surface area contributed by atoms with Crippen LogP contribution in [0.1, 0.15) is 27.4 Å². The Hall–Kier alpha value is -3.24. The molecule has 0 amide bonds. The number of rotatable bonds is 2. The average Bonchev–Trinajstić information content (AvgIpc) is 3.07. The minimum absolute atomic E-state index is 0.128. The van der Waals surface area contributed by atoms with Gasteiger partial charge in [-0.25, -0.2) is 4.98 Å². The van der Waals surface area contributed by atoms with Crippen molar-refractivity contribution >= 4 is 6.29 Å². The zero-order chi connectivity index (χ0) is 20.9. The zero-order valence-electron chi connectivity index (χ0n) is 14.0. The van der Waals surface area contributed by atoms with Gasteiger partial charge in [0.15, 0.2) is 18.4 Å². The summed E-state index contributed by atoms with van der Waals surface area (Å²) in [6, 6.07) is 4.06. The Morgan fingerprint density at radius 1 is 0.857 bits per heavy atom. The summed E-state index contributed by atoms with van der Waals surface area (Å²) < 4.78 is 77.4. The number of aromatic nitrogens is 3. The molecule has 0 aliphatic heterocycles. The van der Waals surface area contributed by atoms with Gasteiger partial charge in [0.05, 0.1) is 5.69 Å². The standard InChI is InChI=1S/C10H7F3N2O.C7H4F3NO/c1-6-9(16-5-15-6)7-2-3-8(14-4-7)10(11,12)13;8-7(9,10)6-2-1-5(4-12)3-11-6/h2-5H,1H3;1-4H. The van der Waals surface area contributed by atoms with Crippen LogP contribution in [0.15, 0.2) is 47.5 Å². The number of alkyl halides is 6. The van der Waals surface area contributed by atoms with Crippen LogP contribution >= 0.6 is 0 Å². The molecule has 0 N–H and O–H groups in total. The van der Waals surface area contributed by atoms with E-state index in [1.165, 1.54) is 12.5 Å². The normalized spacial score (nSPS) is 11.5. The third kappa shape index (κ3) is 5.38. The van der Waals surface area contributed by atoms with Crippen LogP contribution in [0, 0.1) is 6.92 Å². The van der Waals surface area contributed by atoms with E-state index in [1.807, 2.05) is 0 Å². The first kappa shape index (κ1) is 21.1. The number of halogens is 6. The van der Waals surface area contributed by atoms with E-state index < -0.39 is 23.7 Å². The fraction of sp³-hybridized carbons (Fsp3) is 0.176. The molecule has 0 spiro atoms. The molecule has 3 aromatic heterocycles. The van der Waals surface area contributed by atoms with Gasteiger partial charge in [-0.1, -0.05) is 0 Å². The number of aldehydes is 1. The first-order valence-corrected chi connectivity index (χ1v) is 7.44. The average molecular weight is 403 g/mol. The van der Waals surface area contributed by atoms with E-state index in [2.05, 4.69) is 15.0 Å². The number of aryl methyl sites for hydroxylation is 1. The maximum atomic E-state index is 12.2. The maximum Gasteiger partial charge on any atom is 0.433 e. The lowest BCUT2D eigenvalue weighted by Crippen LogP contribution is -2.07. The van der Waals surface area contributed by atoms with Crippen molar-refractivity contribution in [1.82, 2.24) is 15.0 Å². The van der Waals surface area contributed by atoms with Crippen LogP contribution < -0.4 is 0 Å². The van der Waals surface area contributed by atoms with Gasteiger partial charge in [0.25, 0.3) is 0 Å². The van der Waals surface area contributed by atoms with Crippen molar-refractivity contribution in [2.45, 2.75) is 19.3 Å². The summed E-state index contributed by atoms with van der Waals surface area (Å²) >= 11 is 0. The van der Waals surface area contributed by atoms with Crippen molar-refractivity contribution in [1.29, 1.82) is 0 Å². The molecular formula is C17H11F6N3O2. The fourth-order valence-corrected chi connectivity index (χ4v) is 1.92. The summed E-state index contributed by atoms with van der Waals surface area (Å²) in [5.74, 6) is 0.432. The Bertz CT molecular complexity index is 916. The predicted molar refractivity (Wildman–Crippen MR) is 84.1 cm³/mol. The molecule has 0 radical (unpaired) electrons. The van der Waals surface area contributed by atoms with Crippen LogP contribution in [0.4, 0.5) is 26.3 Å². The molecule has 0 aromatic carbocycles. The van der Waals surface area contributed by atoms with E-state index in [9.17, 15) is 31.1 Å². The van der Waals surface area contributed by atoms with Crippen LogP contribution in [0.3, 0.4) is 0 Å². The quantitative estimate of drug-likeness (QED) is 0.446. The van der Waals surface area contributed by atoms with Crippen LogP contribution in [-0.4, -0.2) is 21.2 Å². The van der Waals surface area contributed by atoms with Crippen molar-refractivity contribution in [3.63, 3.8) is 0 Å². The first-order chi connectivity index (χ1) is 13.0. The lowest BCUT2D eigenvalue weighted by atomic mass is 10.2. The largest absolute Gasteiger partial charge is 0.443 e. The minimum atomic E-state index is -4.44. The molecule has 11 heteroatoms. The second-order valence-electron chi connectivity index (χ2n) is 5.29. The Labute approximate surface area is 154 Å². The zero-order valence-corrected chi connectivity index (χ0v) is 14.0. The smallest absolute Gasteiger partial charge is 0.433 e. The Kier molecular flexibility index (Phi) is 6.16. The molecule has 0 aliphatic rings. The Balaban J connectivity index is 0.000000209. The predicted octanol–water partition coefficient (Wildman–Crippen LogP) is 4.98. The van der Waals surface area contributed by atoms with Crippen LogP contribution in [0.2, 0.25) is 0 Å². The molecule has 148 valence electrons. The number of carbonyl (C=O) groups is 1. The molecule has 0 saturated carbocycles. The van der Waals surface area contributed by atoms with Crippen molar-refractivity contribution in [2.75, 3.05) is 0 Å². The maximum absolute atomic E-state index is 12.2. The SMILES string of the molecule is Cc1ncoc1-c1ccc(C(F)(F)F)nc1.O=Cc1ccc(C(F)(F)F)nc1. The topological polar surface area (TPSA) is 68.9 Å². The van der Waals surface area contributed by atoms with Gasteiger partial charge in [0.2, 0.25) is 0 Å². The van der Waals surface area contributed by atoms with E-state index in [4.69, 9.17) is 4.42 Å². The fourth-order valence-electron chi connectivity index (χ4n) is 1.92. The molecule has 28 heavy (non-hydrogen) atoms. The highest BCUT2D eigenvalue weighted by Gasteiger charge is 2.32. The minimum Gasteiger partial charge on any atom is -0.443 e. The van der Waals surface area contributed by atoms with Gasteiger partial charge < -0.3 is 4.42 Å². The highest BCUT2D eigenvalue weighted by Crippen LogP contribution is 2.29. The first-order valence-electron chi connectivity index (χ1n) is 7.44. The van der Waals surface area contributed by atoms with E-state index >= 15 is 0 Å². The summed E-state index contributed by atoms with van der Waals surface area (Å²) in [6.45, 7) is 1.70. The molecule has 3 rings (SSSR count). The van der Waals surface area contributed by atoms with E-state index in [0.29, 0.717) is 23.3 Å². The second kappa shape index (κ2) is 8.19. The van der Waals surface area contributed by atoms with Gasteiger partial charge in [0, 0.05) is 23.5 Å². The molecule has 5 nitrogen and oxygen atoms in total. The van der Waals surface area contributed by atoms with Crippen LogP contribution in [0.25, 0.3) is 11.3 Å². The van der Waals surface area contributed by atoms with Crippen molar-refractivity contribution in [2.24, 2.45) is 0 Å². The molecular weight excluding hydrogens is 392 g/mol. The molecule has 3 aromatic rings. The van der Waals surface area contributed by atoms with Crippen molar-refractivity contribution < 1.29 is 35.6 Å². The third-order valence-electron chi connectivity index (χ3n) is 3.27. The summed E-state index contributed by atoms with van der Waals surface area (Å²) in [5, 5.41) is 0. The lowest BCUT2D eigenvalue weighted by molar-refractivity contribution is -0.141. The number of carbonyl (C=O) groups excluding carboxylic acids is 1. The van der Waals surface area contributed by atoms with E-state index in [0.717, 1.165) is 30.6 Å². The lowest BCUT2D eigenvalue weighted by Gasteiger charge is -2.05. The Morgan fingerprint density at radius 3 is 1.79 bits per heavy atom. The van der Waals surface area contributed by atoms with Crippen molar-refractivity contribution in [3.8, 4) is 11.3 Å². The van der Waals surface area contributed by atoms with Gasteiger partial charge in [-0.05, 0) is 31.2 Å². The van der Waals surface area contributed by atoms with Gasteiger partial charge in [-0.15, -0.1) is 0 Å². The number of pyridine rings is 2. The Morgan fingerprint density at radius 2 is 1.43 bits per heavy atom. The molecule has 0 aliphatic carbocycles. The molecule has 0 atom stereocenters. The van der Waals surface area contributed by atoms with Crippen LogP contribution in [-0.2, 0) is 12.4 Å². The van der Waals surface area contributed by atoms with Crippen LogP contribution in [0.5, 0.6) is 0 Å². The summed E-state index contributed by atoms with van der Waals surface area (Å²) in [6.07, 6.45) is -5.18. The van der Waals surface area contributed by atoms with E-state index in [-0.39, 0.29) is 5.56 Å². The monoisotopic (exact) mass is 403 g/mol. The second-order valence-corrected chi connectivity index (χ2v) is 5.29.